The van der Waals surface area contributed by atoms with Crippen LogP contribution >= 0.6 is 0 Å². The van der Waals surface area contributed by atoms with E-state index in [-0.39, 0.29) is 23.7 Å². The highest BCUT2D eigenvalue weighted by Crippen LogP contribution is 2.44. The van der Waals surface area contributed by atoms with Crippen molar-refractivity contribution in [1.82, 2.24) is 0 Å². The van der Waals surface area contributed by atoms with E-state index < -0.39 is 6.43 Å². The molecule has 0 atom stereocenters. The Kier molecular flexibility index (Phi) is 6.99. The molecule has 0 spiro atoms. The Labute approximate surface area is 160 Å². The summed E-state index contributed by atoms with van der Waals surface area (Å²) in [6.45, 7) is 0. The first-order valence-electron chi connectivity index (χ1n) is 10.2. The number of benzene rings is 1. The van der Waals surface area contributed by atoms with Crippen LogP contribution in [0.3, 0.4) is 0 Å². The quantitative estimate of drug-likeness (QED) is 0.509. The van der Waals surface area contributed by atoms with Gasteiger partial charge in [-0.3, -0.25) is 0 Å². The van der Waals surface area contributed by atoms with Gasteiger partial charge < -0.3 is 0 Å². The summed E-state index contributed by atoms with van der Waals surface area (Å²) in [6.07, 6.45) is 10.0. The second-order valence-corrected chi connectivity index (χ2v) is 8.16. The molecule has 0 saturated heterocycles. The van der Waals surface area contributed by atoms with Gasteiger partial charge >= 0.3 is 0 Å². The molecule has 0 radical (unpaired) electrons. The highest BCUT2D eigenvalue weighted by Gasteiger charge is 2.31. The van der Waals surface area contributed by atoms with Gasteiger partial charge in [0.15, 0.2) is 0 Å². The van der Waals surface area contributed by atoms with Crippen molar-refractivity contribution in [2.45, 2.75) is 70.1 Å². The van der Waals surface area contributed by atoms with E-state index in [1.165, 1.54) is 12.8 Å². The number of nitriles is 1. The fraction of sp³-hybridized carbons (Fsp3) is 0.609. The molecule has 3 rings (SSSR count). The van der Waals surface area contributed by atoms with Crippen LogP contribution in [0.15, 0.2) is 30.4 Å². The predicted octanol–water partition coefficient (Wildman–Crippen LogP) is 6.99. The summed E-state index contributed by atoms with van der Waals surface area (Å²) in [7, 11) is 0. The lowest BCUT2D eigenvalue weighted by Crippen LogP contribution is -2.25. The fourth-order valence-corrected chi connectivity index (χ4v) is 5.04. The summed E-state index contributed by atoms with van der Waals surface area (Å²) < 4.78 is 38.9. The normalized spacial score (nSPS) is 29.1. The molecule has 146 valence electrons. The lowest BCUT2D eigenvalue weighted by molar-refractivity contribution is 0.151. The Bertz CT molecular complexity index is 675. The van der Waals surface area contributed by atoms with E-state index in [0.29, 0.717) is 17.4 Å². The molecular formula is C23H28F3N. The molecule has 0 aliphatic heterocycles. The minimum Gasteiger partial charge on any atom is -0.210 e. The van der Waals surface area contributed by atoms with Gasteiger partial charge in [-0.05, 0) is 86.7 Å². The lowest BCUT2D eigenvalue weighted by Gasteiger charge is -2.37. The smallest absolute Gasteiger partial charge is 0.210 e. The first kappa shape index (κ1) is 20.0. The molecule has 1 nitrogen and oxygen atoms in total. The largest absolute Gasteiger partial charge is 0.242 e. The first-order chi connectivity index (χ1) is 13.1. The minimum absolute atomic E-state index is 0.131. The molecule has 1 aromatic carbocycles. The van der Waals surface area contributed by atoms with Crippen molar-refractivity contribution >= 4 is 0 Å². The van der Waals surface area contributed by atoms with Crippen LogP contribution in [-0.2, 0) is 0 Å². The Morgan fingerprint density at radius 2 is 1.63 bits per heavy atom. The molecule has 0 amide bonds. The standard InChI is InChI=1S/C23H28F3N/c24-22(25)6-1-3-16-7-9-17(10-8-16)18-11-13-19(14-12-18)21-5-2-4-20(15-27)23(21)26/h1-5,16-19,22H,6-14H2/t16-,17-,18-,19-. The van der Waals surface area contributed by atoms with E-state index in [1.807, 2.05) is 18.2 Å². The molecule has 1 aromatic rings. The molecule has 27 heavy (non-hydrogen) atoms. The summed E-state index contributed by atoms with van der Waals surface area (Å²) in [5.74, 6) is 1.78. The summed E-state index contributed by atoms with van der Waals surface area (Å²) in [6, 6.07) is 7.09. The van der Waals surface area contributed by atoms with Crippen molar-refractivity contribution in [3.05, 3.63) is 47.3 Å². The van der Waals surface area contributed by atoms with Crippen LogP contribution in [0.4, 0.5) is 13.2 Å². The van der Waals surface area contributed by atoms with E-state index in [1.54, 1.807) is 18.2 Å². The Morgan fingerprint density at radius 3 is 2.22 bits per heavy atom. The monoisotopic (exact) mass is 375 g/mol. The molecule has 2 aliphatic rings. The van der Waals surface area contributed by atoms with Gasteiger partial charge in [-0.15, -0.1) is 0 Å². The molecule has 0 aromatic heterocycles. The average Bonchev–Trinajstić information content (AvgIpc) is 2.69. The highest BCUT2D eigenvalue weighted by atomic mass is 19.3. The third-order valence-electron chi connectivity index (χ3n) is 6.57. The molecule has 0 heterocycles. The zero-order valence-corrected chi connectivity index (χ0v) is 15.7. The summed E-state index contributed by atoms with van der Waals surface area (Å²) in [4.78, 5) is 0. The number of alkyl halides is 2. The lowest BCUT2D eigenvalue weighted by atomic mass is 9.68. The highest BCUT2D eigenvalue weighted by molar-refractivity contribution is 5.36. The van der Waals surface area contributed by atoms with Crippen molar-refractivity contribution in [3.63, 3.8) is 0 Å². The number of rotatable bonds is 5. The van der Waals surface area contributed by atoms with Crippen LogP contribution in [0.25, 0.3) is 0 Å². The van der Waals surface area contributed by atoms with Crippen LogP contribution in [0.1, 0.15) is 74.8 Å². The number of allylic oxidation sites excluding steroid dienone is 2. The molecule has 4 heteroatoms. The number of nitrogens with zero attached hydrogens (tertiary/aromatic N) is 1. The fourth-order valence-electron chi connectivity index (χ4n) is 5.04. The van der Waals surface area contributed by atoms with Crippen LogP contribution in [0.2, 0.25) is 0 Å². The van der Waals surface area contributed by atoms with Crippen LogP contribution < -0.4 is 0 Å². The van der Waals surface area contributed by atoms with Crippen molar-refractivity contribution < 1.29 is 13.2 Å². The van der Waals surface area contributed by atoms with Crippen molar-refractivity contribution in [3.8, 4) is 6.07 Å². The Morgan fingerprint density at radius 1 is 1.00 bits per heavy atom. The van der Waals surface area contributed by atoms with Gasteiger partial charge in [0.1, 0.15) is 11.9 Å². The predicted molar refractivity (Wildman–Crippen MR) is 101 cm³/mol. The van der Waals surface area contributed by atoms with Gasteiger partial charge in [0.05, 0.1) is 5.56 Å². The van der Waals surface area contributed by atoms with E-state index in [0.717, 1.165) is 44.4 Å². The van der Waals surface area contributed by atoms with E-state index >= 15 is 0 Å². The molecule has 2 saturated carbocycles. The minimum atomic E-state index is -2.24. The van der Waals surface area contributed by atoms with Gasteiger partial charge in [-0.2, -0.15) is 5.26 Å². The summed E-state index contributed by atoms with van der Waals surface area (Å²) in [5, 5.41) is 9.02. The van der Waals surface area contributed by atoms with Crippen molar-refractivity contribution in [2.75, 3.05) is 0 Å². The average molecular weight is 375 g/mol. The van der Waals surface area contributed by atoms with Crippen molar-refractivity contribution in [1.29, 1.82) is 5.26 Å². The topological polar surface area (TPSA) is 23.8 Å². The number of hydrogen-bond donors (Lipinski definition) is 0. The second-order valence-electron chi connectivity index (χ2n) is 8.16. The van der Waals surface area contributed by atoms with Gasteiger partial charge in [0.25, 0.3) is 0 Å². The zero-order chi connectivity index (χ0) is 19.2. The van der Waals surface area contributed by atoms with Gasteiger partial charge in [-0.1, -0.05) is 24.3 Å². The first-order valence-corrected chi connectivity index (χ1v) is 10.2. The molecule has 0 bridgehead atoms. The molecular weight excluding hydrogens is 347 g/mol. The van der Waals surface area contributed by atoms with Crippen LogP contribution in [-0.4, -0.2) is 6.43 Å². The third kappa shape index (κ3) is 5.15. The third-order valence-corrected chi connectivity index (χ3v) is 6.57. The Hall–Kier alpha value is -1.76. The maximum Gasteiger partial charge on any atom is 0.242 e. The molecule has 0 N–H and O–H groups in total. The molecule has 2 fully saturated rings. The summed E-state index contributed by atoms with van der Waals surface area (Å²) in [5.41, 5.74) is 0.855. The second kappa shape index (κ2) is 9.44. The number of halogens is 3. The molecule has 2 aliphatic carbocycles. The molecule has 0 unspecified atom stereocenters. The van der Waals surface area contributed by atoms with Crippen LogP contribution in [0.5, 0.6) is 0 Å². The Balaban J connectivity index is 1.48. The van der Waals surface area contributed by atoms with Gasteiger partial charge in [0.2, 0.25) is 6.43 Å². The number of hydrogen-bond acceptors (Lipinski definition) is 1. The van der Waals surface area contributed by atoms with Crippen molar-refractivity contribution in [2.24, 2.45) is 17.8 Å². The van der Waals surface area contributed by atoms with Gasteiger partial charge in [0, 0.05) is 6.42 Å². The summed E-state index contributed by atoms with van der Waals surface area (Å²) >= 11 is 0. The van der Waals surface area contributed by atoms with E-state index in [4.69, 9.17) is 5.26 Å². The van der Waals surface area contributed by atoms with E-state index in [9.17, 15) is 13.2 Å². The van der Waals surface area contributed by atoms with Crippen LogP contribution in [0, 0.1) is 34.9 Å². The maximum atomic E-state index is 14.4. The van der Waals surface area contributed by atoms with E-state index in [2.05, 4.69) is 0 Å². The zero-order valence-electron chi connectivity index (χ0n) is 15.7. The van der Waals surface area contributed by atoms with Gasteiger partial charge in [-0.25, -0.2) is 13.2 Å². The SMILES string of the molecule is N#Cc1cccc([C@H]2CC[C@H]([C@H]3CC[C@H](C=CCC(F)F)CC3)CC2)c1F. The maximum absolute atomic E-state index is 14.4.